The fourth-order valence-electron chi connectivity index (χ4n) is 3.10. The minimum atomic E-state index is 0.219. The van der Waals surface area contributed by atoms with Gasteiger partial charge in [-0.1, -0.05) is 60.7 Å². The van der Waals surface area contributed by atoms with E-state index >= 15 is 0 Å². The third-order valence-electron chi connectivity index (χ3n) is 4.12. The second-order valence-corrected chi connectivity index (χ2v) is 6.01. The molecule has 1 saturated heterocycles. The number of likely N-dealkylation sites (tertiary alicyclic amines) is 1. The number of thiol groups is 1. The molecule has 20 heavy (non-hydrogen) atoms. The quantitative estimate of drug-likeness (QED) is 0.809. The summed E-state index contributed by atoms with van der Waals surface area (Å²) in [7, 11) is 0. The minimum absolute atomic E-state index is 0.219. The molecule has 1 fully saturated rings. The van der Waals surface area contributed by atoms with Crippen molar-refractivity contribution in [1.82, 2.24) is 4.90 Å². The lowest BCUT2D eigenvalue weighted by Gasteiger charge is -2.32. The van der Waals surface area contributed by atoms with Crippen LogP contribution in [-0.4, -0.2) is 18.0 Å². The SMILES string of the molecule is S[C@H](c1ccccc1)[C@H](c1ccccc1)N1CCCC1. The molecule has 0 spiro atoms. The van der Waals surface area contributed by atoms with E-state index in [0.29, 0.717) is 6.04 Å². The van der Waals surface area contributed by atoms with E-state index in [9.17, 15) is 0 Å². The zero-order valence-corrected chi connectivity index (χ0v) is 12.5. The first kappa shape index (κ1) is 13.7. The van der Waals surface area contributed by atoms with Gasteiger partial charge in [0, 0.05) is 5.25 Å². The van der Waals surface area contributed by atoms with Crippen molar-refractivity contribution in [3.63, 3.8) is 0 Å². The highest BCUT2D eigenvalue weighted by Gasteiger charge is 2.29. The Hall–Kier alpha value is -1.25. The first-order chi connectivity index (χ1) is 9.86. The van der Waals surface area contributed by atoms with Crippen molar-refractivity contribution in [3.8, 4) is 0 Å². The molecule has 0 unspecified atom stereocenters. The third kappa shape index (κ3) is 2.92. The third-order valence-corrected chi connectivity index (χ3v) is 4.70. The largest absolute Gasteiger partial charge is 0.295 e. The van der Waals surface area contributed by atoms with Crippen molar-refractivity contribution >= 4 is 12.6 Å². The summed E-state index contributed by atoms with van der Waals surface area (Å²) in [5.41, 5.74) is 2.68. The summed E-state index contributed by atoms with van der Waals surface area (Å²) in [6.07, 6.45) is 2.61. The number of benzene rings is 2. The van der Waals surface area contributed by atoms with Crippen molar-refractivity contribution in [1.29, 1.82) is 0 Å². The fraction of sp³-hybridized carbons (Fsp3) is 0.333. The molecule has 1 aliphatic rings. The molecule has 0 radical (unpaired) electrons. The normalized spacial score (nSPS) is 18.9. The maximum absolute atomic E-state index is 4.96. The summed E-state index contributed by atoms with van der Waals surface area (Å²) in [5, 5.41) is 0.219. The average molecular weight is 283 g/mol. The number of hydrogen-bond donors (Lipinski definition) is 1. The summed E-state index contributed by atoms with van der Waals surface area (Å²) in [6.45, 7) is 2.37. The van der Waals surface area contributed by atoms with Crippen molar-refractivity contribution in [2.24, 2.45) is 0 Å². The van der Waals surface area contributed by atoms with Gasteiger partial charge in [0.15, 0.2) is 0 Å². The monoisotopic (exact) mass is 283 g/mol. The highest BCUT2D eigenvalue weighted by Crippen LogP contribution is 2.39. The Morgan fingerprint density at radius 3 is 1.80 bits per heavy atom. The zero-order chi connectivity index (χ0) is 13.8. The summed E-state index contributed by atoms with van der Waals surface area (Å²) in [6, 6.07) is 21.8. The standard InChI is InChI=1S/C18H21NS/c20-18(16-11-5-2-6-12-16)17(19-13-7-8-14-19)15-9-3-1-4-10-15/h1-6,9-12,17-18,20H,7-8,13-14H2/t17-,18+/m0/s1. The molecule has 2 atom stereocenters. The van der Waals surface area contributed by atoms with Crippen LogP contribution in [0, 0.1) is 0 Å². The second-order valence-electron chi connectivity index (χ2n) is 5.45. The van der Waals surface area contributed by atoms with Crippen LogP contribution in [0.1, 0.15) is 35.3 Å². The van der Waals surface area contributed by atoms with Gasteiger partial charge in [-0.25, -0.2) is 0 Å². The van der Waals surface area contributed by atoms with E-state index in [-0.39, 0.29) is 5.25 Å². The highest BCUT2D eigenvalue weighted by atomic mass is 32.1. The molecule has 0 saturated carbocycles. The first-order valence-electron chi connectivity index (χ1n) is 7.38. The van der Waals surface area contributed by atoms with Crippen molar-refractivity contribution in [2.45, 2.75) is 24.1 Å². The van der Waals surface area contributed by atoms with E-state index in [0.717, 1.165) is 0 Å². The Bertz CT molecular complexity index is 520. The van der Waals surface area contributed by atoms with Gasteiger partial charge in [0.25, 0.3) is 0 Å². The van der Waals surface area contributed by atoms with Crippen LogP contribution in [0.4, 0.5) is 0 Å². The van der Waals surface area contributed by atoms with Crippen LogP contribution < -0.4 is 0 Å². The van der Waals surface area contributed by atoms with Gasteiger partial charge >= 0.3 is 0 Å². The Morgan fingerprint density at radius 2 is 1.25 bits per heavy atom. The van der Waals surface area contributed by atoms with Gasteiger partial charge in [-0.2, -0.15) is 12.6 Å². The number of hydrogen-bond acceptors (Lipinski definition) is 2. The molecule has 0 amide bonds. The van der Waals surface area contributed by atoms with Gasteiger partial charge in [0.1, 0.15) is 0 Å². The summed E-state index contributed by atoms with van der Waals surface area (Å²) >= 11 is 4.96. The van der Waals surface area contributed by atoms with E-state index in [1.807, 2.05) is 0 Å². The maximum Gasteiger partial charge on any atom is 0.0505 e. The van der Waals surface area contributed by atoms with Crippen LogP contribution in [0.2, 0.25) is 0 Å². The lowest BCUT2D eigenvalue weighted by atomic mass is 9.97. The summed E-state index contributed by atoms with van der Waals surface area (Å²) < 4.78 is 0. The molecule has 104 valence electrons. The van der Waals surface area contributed by atoms with E-state index in [2.05, 4.69) is 65.6 Å². The molecule has 1 aliphatic heterocycles. The molecule has 0 bridgehead atoms. The van der Waals surface area contributed by atoms with Crippen LogP contribution >= 0.6 is 12.6 Å². The molecular formula is C18H21NS. The zero-order valence-electron chi connectivity index (χ0n) is 11.7. The Morgan fingerprint density at radius 1 is 0.750 bits per heavy atom. The Labute approximate surface area is 127 Å². The maximum atomic E-state index is 4.96. The van der Waals surface area contributed by atoms with Gasteiger partial charge in [-0.3, -0.25) is 4.90 Å². The van der Waals surface area contributed by atoms with Gasteiger partial charge in [0.2, 0.25) is 0 Å². The van der Waals surface area contributed by atoms with Gasteiger partial charge in [-0.15, -0.1) is 0 Å². The highest BCUT2D eigenvalue weighted by molar-refractivity contribution is 7.80. The average Bonchev–Trinajstić information content (AvgIpc) is 3.03. The minimum Gasteiger partial charge on any atom is -0.295 e. The van der Waals surface area contributed by atoms with E-state index in [4.69, 9.17) is 12.6 Å². The van der Waals surface area contributed by atoms with Gasteiger partial charge < -0.3 is 0 Å². The van der Waals surface area contributed by atoms with Crippen molar-refractivity contribution in [3.05, 3.63) is 71.8 Å². The van der Waals surface area contributed by atoms with E-state index in [1.54, 1.807) is 0 Å². The van der Waals surface area contributed by atoms with E-state index < -0.39 is 0 Å². The molecule has 1 heterocycles. The van der Waals surface area contributed by atoms with Crippen molar-refractivity contribution in [2.75, 3.05) is 13.1 Å². The van der Waals surface area contributed by atoms with Crippen LogP contribution in [0.5, 0.6) is 0 Å². The summed E-state index contributed by atoms with van der Waals surface area (Å²) in [4.78, 5) is 2.58. The lowest BCUT2D eigenvalue weighted by Crippen LogP contribution is -2.28. The van der Waals surface area contributed by atoms with Crippen LogP contribution in [0.15, 0.2) is 60.7 Å². The fourth-order valence-corrected chi connectivity index (χ4v) is 3.63. The molecule has 2 aromatic carbocycles. The molecule has 2 aromatic rings. The second kappa shape index (κ2) is 6.47. The molecule has 0 aliphatic carbocycles. The molecular weight excluding hydrogens is 262 g/mol. The molecule has 3 rings (SSSR count). The number of rotatable bonds is 4. The summed E-state index contributed by atoms with van der Waals surface area (Å²) in [5.74, 6) is 0. The topological polar surface area (TPSA) is 3.24 Å². The Kier molecular flexibility index (Phi) is 4.44. The van der Waals surface area contributed by atoms with Crippen molar-refractivity contribution < 1.29 is 0 Å². The molecule has 2 heteroatoms. The first-order valence-corrected chi connectivity index (χ1v) is 7.90. The van der Waals surface area contributed by atoms with Crippen LogP contribution in [0.3, 0.4) is 0 Å². The van der Waals surface area contributed by atoms with Gasteiger partial charge in [-0.05, 0) is 37.1 Å². The number of nitrogens with zero attached hydrogens (tertiary/aromatic N) is 1. The predicted molar refractivity (Wildman–Crippen MR) is 88.2 cm³/mol. The Balaban J connectivity index is 1.93. The van der Waals surface area contributed by atoms with Gasteiger partial charge in [0.05, 0.1) is 6.04 Å². The van der Waals surface area contributed by atoms with Crippen LogP contribution in [-0.2, 0) is 0 Å². The molecule has 0 N–H and O–H groups in total. The molecule has 0 aromatic heterocycles. The van der Waals surface area contributed by atoms with E-state index in [1.165, 1.54) is 37.1 Å². The lowest BCUT2D eigenvalue weighted by molar-refractivity contribution is 0.241. The predicted octanol–water partition coefficient (Wildman–Crippen LogP) is 4.49. The van der Waals surface area contributed by atoms with Crippen LogP contribution in [0.25, 0.3) is 0 Å². The molecule has 1 nitrogen and oxygen atoms in total. The smallest absolute Gasteiger partial charge is 0.0505 e.